The van der Waals surface area contributed by atoms with Crippen LogP contribution in [0.15, 0.2) is 40.9 Å². The molecular formula is C19H16BrClN2O4S. The number of carbonyl (C=O) groups excluding carboxylic acids is 2. The van der Waals surface area contributed by atoms with Crippen molar-refractivity contribution in [2.24, 2.45) is 0 Å². The van der Waals surface area contributed by atoms with Crippen molar-refractivity contribution >= 4 is 60.8 Å². The largest absolute Gasteiger partial charge is 0.497 e. The summed E-state index contributed by atoms with van der Waals surface area (Å²) in [5.74, 6) is 0.269. The van der Waals surface area contributed by atoms with Crippen LogP contribution in [-0.2, 0) is 4.79 Å². The second-order valence-electron chi connectivity index (χ2n) is 5.81. The summed E-state index contributed by atoms with van der Waals surface area (Å²) >= 11 is 10.9. The highest BCUT2D eigenvalue weighted by molar-refractivity contribution is 9.10. The van der Waals surface area contributed by atoms with Gasteiger partial charge in [-0.05, 0) is 48.9 Å². The number of hydrazine groups is 1. The van der Waals surface area contributed by atoms with Gasteiger partial charge in [-0.3, -0.25) is 20.4 Å². The van der Waals surface area contributed by atoms with Gasteiger partial charge in [-0.1, -0.05) is 27.5 Å². The zero-order chi connectivity index (χ0) is 20.3. The lowest BCUT2D eigenvalue weighted by Crippen LogP contribution is -2.43. The molecule has 6 nitrogen and oxygen atoms in total. The summed E-state index contributed by atoms with van der Waals surface area (Å²) in [6.07, 6.45) is 0. The third kappa shape index (κ3) is 4.57. The number of halogens is 2. The SMILES string of the molecule is COc1ccc2c(Cl)c(C(=O)NNC(=O)COc3ccc(Br)cc3C)sc2c1. The van der Waals surface area contributed by atoms with Gasteiger partial charge in [0.2, 0.25) is 0 Å². The Morgan fingerprint density at radius 1 is 1.18 bits per heavy atom. The fourth-order valence-corrected chi connectivity index (χ4v) is 4.37. The molecule has 3 rings (SSSR count). The van der Waals surface area contributed by atoms with Crippen LogP contribution in [0.3, 0.4) is 0 Å². The summed E-state index contributed by atoms with van der Waals surface area (Å²) in [5.41, 5.74) is 5.57. The third-order valence-corrected chi connectivity index (χ3v) is 6.00. The number of benzene rings is 2. The van der Waals surface area contributed by atoms with Crippen LogP contribution in [-0.4, -0.2) is 25.5 Å². The molecule has 0 saturated carbocycles. The van der Waals surface area contributed by atoms with E-state index >= 15 is 0 Å². The molecule has 2 amide bonds. The zero-order valence-corrected chi connectivity index (χ0v) is 18.1. The van der Waals surface area contributed by atoms with Crippen LogP contribution >= 0.6 is 38.9 Å². The summed E-state index contributed by atoms with van der Waals surface area (Å²) < 4.78 is 12.4. The number of hydrogen-bond acceptors (Lipinski definition) is 5. The number of thiophene rings is 1. The van der Waals surface area contributed by atoms with Crippen molar-refractivity contribution in [2.75, 3.05) is 13.7 Å². The second kappa shape index (κ2) is 8.81. The number of fused-ring (bicyclic) bond motifs is 1. The lowest BCUT2D eigenvalue weighted by molar-refractivity contribution is -0.123. The molecule has 2 aromatic carbocycles. The Balaban J connectivity index is 1.59. The lowest BCUT2D eigenvalue weighted by Gasteiger charge is -2.10. The minimum atomic E-state index is -0.502. The first-order valence-electron chi connectivity index (χ1n) is 8.13. The molecule has 3 aromatic rings. The molecule has 0 saturated heterocycles. The average Bonchev–Trinajstić information content (AvgIpc) is 3.01. The van der Waals surface area contributed by atoms with Gasteiger partial charge >= 0.3 is 0 Å². The van der Waals surface area contributed by atoms with Gasteiger partial charge in [0, 0.05) is 14.6 Å². The van der Waals surface area contributed by atoms with E-state index in [9.17, 15) is 9.59 Å². The smallest absolute Gasteiger partial charge is 0.281 e. The van der Waals surface area contributed by atoms with Crippen LogP contribution in [0.5, 0.6) is 11.5 Å². The molecule has 0 spiro atoms. The van der Waals surface area contributed by atoms with Gasteiger partial charge in [-0.25, -0.2) is 0 Å². The first-order valence-corrected chi connectivity index (χ1v) is 10.1. The number of aryl methyl sites for hydroxylation is 1. The lowest BCUT2D eigenvalue weighted by atomic mass is 10.2. The molecule has 2 N–H and O–H groups in total. The third-order valence-electron chi connectivity index (χ3n) is 3.85. The number of amides is 2. The molecule has 0 atom stereocenters. The van der Waals surface area contributed by atoms with Gasteiger partial charge in [0.1, 0.15) is 16.4 Å². The maximum Gasteiger partial charge on any atom is 0.281 e. The fourth-order valence-electron chi connectivity index (χ4n) is 2.46. The van der Waals surface area contributed by atoms with E-state index in [-0.39, 0.29) is 6.61 Å². The Kier molecular flexibility index (Phi) is 6.43. The van der Waals surface area contributed by atoms with Crippen LogP contribution in [0, 0.1) is 6.92 Å². The highest BCUT2D eigenvalue weighted by Gasteiger charge is 2.18. The van der Waals surface area contributed by atoms with Crippen molar-refractivity contribution < 1.29 is 19.1 Å². The van der Waals surface area contributed by atoms with Gasteiger partial charge in [0.25, 0.3) is 11.8 Å². The number of rotatable bonds is 5. The van der Waals surface area contributed by atoms with Crippen molar-refractivity contribution in [3.8, 4) is 11.5 Å². The van der Waals surface area contributed by atoms with Crippen molar-refractivity contribution in [1.29, 1.82) is 0 Å². The molecule has 0 bridgehead atoms. The van der Waals surface area contributed by atoms with Gasteiger partial charge in [-0.15, -0.1) is 11.3 Å². The second-order valence-corrected chi connectivity index (χ2v) is 8.15. The standard InChI is InChI=1S/C19H16BrClN2O4S/c1-10-7-11(20)3-6-14(10)27-9-16(24)22-23-19(25)18-17(21)13-5-4-12(26-2)8-15(13)28-18/h3-8H,9H2,1-2H3,(H,22,24)(H,23,25). The normalized spacial score (nSPS) is 10.6. The van der Waals surface area contributed by atoms with E-state index in [4.69, 9.17) is 21.1 Å². The van der Waals surface area contributed by atoms with Crippen molar-refractivity contribution in [3.63, 3.8) is 0 Å². The predicted octanol–water partition coefficient (Wildman–Crippen LogP) is 4.47. The summed E-state index contributed by atoms with van der Waals surface area (Å²) in [7, 11) is 1.57. The minimum Gasteiger partial charge on any atom is -0.497 e. The van der Waals surface area contributed by atoms with E-state index in [0.717, 1.165) is 20.1 Å². The van der Waals surface area contributed by atoms with Crippen LogP contribution < -0.4 is 20.3 Å². The molecule has 0 fully saturated rings. The van der Waals surface area contributed by atoms with Gasteiger partial charge < -0.3 is 9.47 Å². The number of ether oxygens (including phenoxy) is 2. The van der Waals surface area contributed by atoms with Gasteiger partial charge in [-0.2, -0.15) is 0 Å². The highest BCUT2D eigenvalue weighted by Crippen LogP contribution is 2.37. The van der Waals surface area contributed by atoms with E-state index in [0.29, 0.717) is 21.4 Å². The number of hydrogen-bond donors (Lipinski definition) is 2. The summed E-state index contributed by atoms with van der Waals surface area (Å²) in [6, 6.07) is 10.8. The topological polar surface area (TPSA) is 76.7 Å². The van der Waals surface area contributed by atoms with Crippen LogP contribution in [0.1, 0.15) is 15.2 Å². The molecule has 1 aromatic heterocycles. The Morgan fingerprint density at radius 2 is 1.96 bits per heavy atom. The molecular weight excluding hydrogens is 468 g/mol. The molecule has 1 heterocycles. The van der Waals surface area contributed by atoms with Crippen LogP contribution in [0.25, 0.3) is 10.1 Å². The Bertz CT molecular complexity index is 1050. The molecule has 0 unspecified atom stereocenters. The zero-order valence-electron chi connectivity index (χ0n) is 15.0. The van der Waals surface area contributed by atoms with E-state index in [2.05, 4.69) is 26.8 Å². The Labute approximate surface area is 178 Å². The minimum absolute atomic E-state index is 0.236. The summed E-state index contributed by atoms with van der Waals surface area (Å²) in [4.78, 5) is 24.6. The van der Waals surface area contributed by atoms with E-state index in [1.54, 1.807) is 31.4 Å². The molecule has 0 aliphatic carbocycles. The number of carbonyl (C=O) groups is 2. The average molecular weight is 484 g/mol. The number of nitrogens with one attached hydrogen (secondary N) is 2. The Hall–Kier alpha value is -2.29. The van der Waals surface area contributed by atoms with Gasteiger partial charge in [0.05, 0.1) is 12.1 Å². The number of methoxy groups -OCH3 is 1. The molecule has 28 heavy (non-hydrogen) atoms. The van der Waals surface area contributed by atoms with Crippen molar-refractivity contribution in [3.05, 3.63) is 56.3 Å². The highest BCUT2D eigenvalue weighted by atomic mass is 79.9. The van der Waals surface area contributed by atoms with Crippen molar-refractivity contribution in [1.82, 2.24) is 10.9 Å². The summed E-state index contributed by atoms with van der Waals surface area (Å²) in [5, 5.41) is 1.08. The van der Waals surface area contributed by atoms with Crippen LogP contribution in [0.4, 0.5) is 0 Å². The summed E-state index contributed by atoms with van der Waals surface area (Å²) in [6.45, 7) is 1.64. The fraction of sp³-hybridized carbons (Fsp3) is 0.158. The van der Waals surface area contributed by atoms with E-state index in [1.807, 2.05) is 19.1 Å². The molecule has 0 aliphatic heterocycles. The molecule has 0 radical (unpaired) electrons. The first kappa shape index (κ1) is 20.4. The first-order chi connectivity index (χ1) is 13.4. The quantitative estimate of drug-likeness (QED) is 0.525. The Morgan fingerprint density at radius 3 is 2.68 bits per heavy atom. The predicted molar refractivity (Wildman–Crippen MR) is 113 cm³/mol. The maximum absolute atomic E-state index is 12.4. The van der Waals surface area contributed by atoms with Gasteiger partial charge in [0.15, 0.2) is 6.61 Å². The molecule has 146 valence electrons. The van der Waals surface area contributed by atoms with Crippen molar-refractivity contribution in [2.45, 2.75) is 6.92 Å². The van der Waals surface area contributed by atoms with Crippen LogP contribution in [0.2, 0.25) is 5.02 Å². The van der Waals surface area contributed by atoms with E-state index in [1.165, 1.54) is 11.3 Å². The molecule has 9 heteroatoms. The monoisotopic (exact) mass is 482 g/mol. The maximum atomic E-state index is 12.4. The van der Waals surface area contributed by atoms with E-state index < -0.39 is 11.8 Å². The molecule has 0 aliphatic rings.